The number of benzene rings is 1. The molecule has 2 heterocycles. The van der Waals surface area contributed by atoms with Gasteiger partial charge in [-0.1, -0.05) is 31.4 Å². The van der Waals surface area contributed by atoms with E-state index < -0.39 is 0 Å². The molecule has 1 saturated heterocycles. The molecule has 27 heavy (non-hydrogen) atoms. The molecule has 4 heteroatoms. The average molecular weight is 373 g/mol. The minimum Gasteiger partial charge on any atom is -0.507 e. The number of aryl methyl sites for hydroxylation is 1. The molecular weight excluding hydrogens is 336 g/mol. The number of phenols is 1. The molecule has 1 aromatic carbocycles. The molecular formula is C23H36N2O2. The molecule has 2 atom stereocenters. The summed E-state index contributed by atoms with van der Waals surface area (Å²) >= 11 is 0. The van der Waals surface area contributed by atoms with Crippen LogP contribution in [0.4, 0.5) is 0 Å². The lowest BCUT2D eigenvalue weighted by Crippen LogP contribution is -2.43. The molecule has 4 nitrogen and oxygen atoms in total. The number of phenolic OH excluding ortho intramolecular Hbond substituents is 1. The highest BCUT2D eigenvalue weighted by Crippen LogP contribution is 2.40. The van der Waals surface area contributed by atoms with E-state index in [-0.39, 0.29) is 12.2 Å². The number of piperidine rings is 1. The summed E-state index contributed by atoms with van der Waals surface area (Å²) in [5, 5.41) is 10.6. The number of nitrogens with two attached hydrogens (primary N) is 1. The smallest absolute Gasteiger partial charge is 0.122 e. The molecule has 1 saturated carbocycles. The Balaban J connectivity index is 1.37. The van der Waals surface area contributed by atoms with Crippen molar-refractivity contribution in [2.24, 2.45) is 17.6 Å². The zero-order valence-corrected chi connectivity index (χ0v) is 16.8. The maximum Gasteiger partial charge on any atom is 0.122 e. The Morgan fingerprint density at radius 3 is 2.56 bits per heavy atom. The van der Waals surface area contributed by atoms with Gasteiger partial charge in [-0.3, -0.25) is 0 Å². The Bertz CT molecular complexity index is 634. The zero-order valence-electron chi connectivity index (χ0n) is 16.8. The van der Waals surface area contributed by atoms with Crippen molar-refractivity contribution in [2.45, 2.75) is 70.5 Å². The predicted octanol–water partition coefficient (Wildman–Crippen LogP) is 3.93. The molecule has 0 amide bonds. The average Bonchev–Trinajstić information content (AvgIpc) is 2.71. The van der Waals surface area contributed by atoms with Gasteiger partial charge in [0.1, 0.15) is 5.75 Å². The number of fused-ring (bicyclic) bond motifs is 1. The molecule has 4 rings (SSSR count). The van der Waals surface area contributed by atoms with Crippen molar-refractivity contribution in [3.63, 3.8) is 0 Å². The molecule has 3 aliphatic rings. The van der Waals surface area contributed by atoms with E-state index in [1.165, 1.54) is 64.6 Å². The third kappa shape index (κ3) is 4.18. The molecule has 2 fully saturated rings. The second kappa shape index (κ2) is 8.50. The van der Waals surface area contributed by atoms with Gasteiger partial charge < -0.3 is 20.5 Å². The van der Waals surface area contributed by atoms with Crippen LogP contribution in [0.5, 0.6) is 5.75 Å². The first kappa shape index (κ1) is 19.2. The Morgan fingerprint density at radius 2 is 1.85 bits per heavy atom. The van der Waals surface area contributed by atoms with Crippen molar-refractivity contribution in [2.75, 3.05) is 26.2 Å². The van der Waals surface area contributed by atoms with Crippen LogP contribution < -0.4 is 5.73 Å². The van der Waals surface area contributed by atoms with Crippen LogP contribution in [-0.4, -0.2) is 42.3 Å². The number of nitrogens with zero attached hydrogens (tertiary/aromatic N) is 1. The van der Waals surface area contributed by atoms with Gasteiger partial charge in [-0.05, 0) is 68.7 Å². The summed E-state index contributed by atoms with van der Waals surface area (Å²) in [7, 11) is 0. The van der Waals surface area contributed by atoms with Crippen LogP contribution in [0.3, 0.4) is 0 Å². The van der Waals surface area contributed by atoms with Gasteiger partial charge in [-0.2, -0.15) is 0 Å². The highest BCUT2D eigenvalue weighted by molar-refractivity contribution is 5.47. The largest absolute Gasteiger partial charge is 0.507 e. The Hall–Kier alpha value is -1.10. The molecule has 3 N–H and O–H groups in total. The van der Waals surface area contributed by atoms with Crippen LogP contribution in [0.25, 0.3) is 0 Å². The fourth-order valence-electron chi connectivity index (χ4n) is 5.52. The normalized spacial score (nSPS) is 28.2. The van der Waals surface area contributed by atoms with Crippen molar-refractivity contribution >= 4 is 0 Å². The maximum absolute atomic E-state index is 10.6. The summed E-state index contributed by atoms with van der Waals surface area (Å²) in [5.74, 6) is 1.96. The minimum absolute atomic E-state index is 0.0782. The number of hydrogen-bond donors (Lipinski definition) is 2. The second-order valence-corrected chi connectivity index (χ2v) is 9.04. The molecule has 2 aliphatic heterocycles. The molecule has 150 valence electrons. The zero-order chi connectivity index (χ0) is 18.8. The molecule has 1 aliphatic carbocycles. The number of aromatic hydroxyl groups is 1. The molecule has 1 aromatic rings. The summed E-state index contributed by atoms with van der Waals surface area (Å²) in [6.45, 7) is 6.14. The third-order valence-corrected chi connectivity index (χ3v) is 7.23. The number of ether oxygens (including phenoxy) is 1. The first-order valence-corrected chi connectivity index (χ1v) is 11.0. The Morgan fingerprint density at radius 1 is 1.11 bits per heavy atom. The van der Waals surface area contributed by atoms with E-state index in [2.05, 4.69) is 11.0 Å². The summed E-state index contributed by atoms with van der Waals surface area (Å²) in [5.41, 5.74) is 9.13. The molecule has 0 bridgehead atoms. The van der Waals surface area contributed by atoms with Crippen molar-refractivity contribution in [1.29, 1.82) is 0 Å². The van der Waals surface area contributed by atoms with Crippen LogP contribution in [0.1, 0.15) is 67.7 Å². The first-order chi connectivity index (χ1) is 13.2. The summed E-state index contributed by atoms with van der Waals surface area (Å²) in [4.78, 5) is 2.69. The van der Waals surface area contributed by atoms with Gasteiger partial charge in [0.2, 0.25) is 0 Å². The highest BCUT2D eigenvalue weighted by Gasteiger charge is 2.35. The van der Waals surface area contributed by atoms with Crippen LogP contribution in [0.15, 0.2) is 12.1 Å². The minimum atomic E-state index is -0.0782. The summed E-state index contributed by atoms with van der Waals surface area (Å²) < 4.78 is 6.43. The SMILES string of the molecule is Cc1ccc2c(c1O)C[C@@H](C1CCN(CC3CCCCC3)CC1)O[C@H]2CN. The fourth-order valence-corrected chi connectivity index (χ4v) is 5.52. The Labute approximate surface area is 164 Å². The van der Waals surface area contributed by atoms with E-state index in [1.54, 1.807) is 0 Å². The Kier molecular flexibility index (Phi) is 6.05. The summed E-state index contributed by atoms with van der Waals surface area (Å²) in [6, 6.07) is 4.06. The topological polar surface area (TPSA) is 58.7 Å². The van der Waals surface area contributed by atoms with Crippen molar-refractivity contribution < 1.29 is 9.84 Å². The van der Waals surface area contributed by atoms with Crippen molar-refractivity contribution in [3.8, 4) is 5.75 Å². The molecule has 0 aromatic heterocycles. The molecule has 0 spiro atoms. The van der Waals surface area contributed by atoms with Crippen LogP contribution in [0.2, 0.25) is 0 Å². The fraction of sp³-hybridized carbons (Fsp3) is 0.739. The van der Waals surface area contributed by atoms with E-state index >= 15 is 0 Å². The lowest BCUT2D eigenvalue weighted by molar-refractivity contribution is -0.0654. The standard InChI is InChI=1S/C23H36N2O2/c1-16-7-8-19-20(23(16)26)13-21(27-22(19)14-24)18-9-11-25(12-10-18)15-17-5-3-2-4-6-17/h7-8,17-18,21-22,26H,2-6,9-15,24H2,1H3/t21-,22-/m0/s1. The summed E-state index contributed by atoms with van der Waals surface area (Å²) in [6.07, 6.45) is 10.5. The van der Waals surface area contributed by atoms with Crippen molar-refractivity contribution in [3.05, 3.63) is 28.8 Å². The number of likely N-dealkylation sites (tertiary alicyclic amines) is 1. The van der Waals surface area contributed by atoms with E-state index in [4.69, 9.17) is 10.5 Å². The van der Waals surface area contributed by atoms with Crippen LogP contribution in [0, 0.1) is 18.8 Å². The van der Waals surface area contributed by atoms with Crippen molar-refractivity contribution in [1.82, 2.24) is 4.90 Å². The van der Waals surface area contributed by atoms with Crippen LogP contribution >= 0.6 is 0 Å². The van der Waals surface area contributed by atoms with E-state index in [1.807, 2.05) is 13.0 Å². The van der Waals surface area contributed by atoms with E-state index in [0.717, 1.165) is 29.0 Å². The maximum atomic E-state index is 10.6. The van der Waals surface area contributed by atoms with Gasteiger partial charge in [-0.15, -0.1) is 0 Å². The molecule has 0 radical (unpaired) electrons. The monoisotopic (exact) mass is 372 g/mol. The van der Waals surface area contributed by atoms with Gasteiger partial charge in [0.25, 0.3) is 0 Å². The number of rotatable bonds is 4. The van der Waals surface area contributed by atoms with Gasteiger partial charge in [0, 0.05) is 25.1 Å². The lowest BCUT2D eigenvalue weighted by atomic mass is 9.82. The van der Waals surface area contributed by atoms with Gasteiger partial charge in [0.15, 0.2) is 0 Å². The van der Waals surface area contributed by atoms with E-state index in [9.17, 15) is 5.11 Å². The van der Waals surface area contributed by atoms with Gasteiger partial charge in [0.05, 0.1) is 12.2 Å². The van der Waals surface area contributed by atoms with Crippen LogP contribution in [-0.2, 0) is 11.2 Å². The lowest BCUT2D eigenvalue weighted by Gasteiger charge is -2.41. The highest BCUT2D eigenvalue weighted by atomic mass is 16.5. The second-order valence-electron chi connectivity index (χ2n) is 9.04. The molecule has 0 unspecified atom stereocenters. The predicted molar refractivity (Wildman–Crippen MR) is 109 cm³/mol. The third-order valence-electron chi connectivity index (χ3n) is 7.23. The van der Waals surface area contributed by atoms with E-state index in [0.29, 0.717) is 18.2 Å². The quantitative estimate of drug-likeness (QED) is 0.841. The number of hydrogen-bond acceptors (Lipinski definition) is 4. The first-order valence-electron chi connectivity index (χ1n) is 11.0. The van der Waals surface area contributed by atoms with Gasteiger partial charge in [-0.25, -0.2) is 0 Å². The van der Waals surface area contributed by atoms with Gasteiger partial charge >= 0.3 is 0 Å².